The van der Waals surface area contributed by atoms with Crippen LogP contribution in [-0.4, -0.2) is 109 Å². The van der Waals surface area contributed by atoms with Crippen LogP contribution in [0.25, 0.3) is 44.7 Å². The molecule has 9 rings (SSSR count). The number of hydrogen-bond acceptors (Lipinski definition) is 12. The maximum atomic E-state index is 13.8. The fourth-order valence-corrected chi connectivity index (χ4v) is 10.9. The van der Waals surface area contributed by atoms with Crippen molar-refractivity contribution in [3.05, 3.63) is 82.1 Å². The molecule has 3 aliphatic heterocycles. The monoisotopic (exact) mass is 960 g/mol. The molecule has 4 aromatic heterocycles. The van der Waals surface area contributed by atoms with Crippen LogP contribution in [0.15, 0.2) is 55.0 Å². The molecule has 4 amide bonds. The summed E-state index contributed by atoms with van der Waals surface area (Å²) in [5.41, 5.74) is 7.43. The lowest BCUT2D eigenvalue weighted by Crippen LogP contribution is -2.51. The molecule has 2 saturated heterocycles. The first-order valence-electron chi connectivity index (χ1n) is 23.7. The minimum atomic E-state index is -1.20. The minimum absolute atomic E-state index is 0.134. The predicted molar refractivity (Wildman–Crippen MR) is 259 cm³/mol. The molecule has 2 unspecified atom stereocenters. The molecule has 0 aliphatic carbocycles. The maximum absolute atomic E-state index is 13.8. The molecule has 5 atom stereocenters. The number of benzene rings is 2. The Labute approximate surface area is 404 Å². The summed E-state index contributed by atoms with van der Waals surface area (Å²) in [4.78, 5) is 77.9. The number of ether oxygens (including phenoxy) is 4. The molecule has 0 spiro atoms. The van der Waals surface area contributed by atoms with Crippen LogP contribution in [0.4, 0.5) is 9.59 Å². The van der Waals surface area contributed by atoms with Gasteiger partial charge in [0.15, 0.2) is 0 Å². The third kappa shape index (κ3) is 9.28. The number of H-pyrrole nitrogens is 2. The maximum Gasteiger partial charge on any atom is 0.409 e. The average molecular weight is 961 g/mol. The van der Waals surface area contributed by atoms with Crippen molar-refractivity contribution in [2.24, 2.45) is 5.92 Å². The van der Waals surface area contributed by atoms with Crippen molar-refractivity contribution in [3.8, 4) is 39.5 Å². The minimum Gasteiger partial charge on any atom is -0.464 e. The standard InChI is InChI=1S/C50H60N10O8S/c1-9-12-40-51-25-39(69-40)48-60-34-16-15-29(32-23-52-43(54-32)35-13-10-17-58(35)46(61)42(26(2)3)56-49(63)65-7)20-31(34)21-37(60)41-28(6)19-30(22-38(41)68-48)33-24-53-44(55-33)36-14-11-18-59(36)47(62)45(67-27(4)5)57-50(64)66-8/h15-16,19-27,35-36,42,45,48H,9-14,17-18H2,1-8H3,(H,52,54)(H,53,55)(H,56,63)(H,57,64)/t35-,36-,42-,45?,48?/m0/s1. The van der Waals surface area contributed by atoms with Gasteiger partial charge in [0.1, 0.15) is 23.4 Å². The Morgan fingerprint density at radius 1 is 0.826 bits per heavy atom. The summed E-state index contributed by atoms with van der Waals surface area (Å²) in [6.07, 6.45) is 7.03. The van der Waals surface area contributed by atoms with Gasteiger partial charge >= 0.3 is 12.2 Å². The summed E-state index contributed by atoms with van der Waals surface area (Å²) in [6, 6.07) is 11.4. The number of aryl methyl sites for hydroxylation is 2. The van der Waals surface area contributed by atoms with Crippen molar-refractivity contribution in [1.29, 1.82) is 0 Å². The number of fused-ring (bicyclic) bond motifs is 5. The first-order chi connectivity index (χ1) is 33.3. The Balaban J connectivity index is 1.03. The fourth-order valence-electron chi connectivity index (χ4n) is 9.86. The van der Waals surface area contributed by atoms with Gasteiger partial charge in [-0.05, 0) is 101 Å². The van der Waals surface area contributed by atoms with Gasteiger partial charge in [-0.3, -0.25) is 19.5 Å². The van der Waals surface area contributed by atoms with Crippen LogP contribution in [0.5, 0.6) is 5.75 Å². The normalized spacial score (nSPS) is 18.6. The number of alkyl carbamates (subject to hydrolysis) is 2. The Hall–Kier alpha value is -6.73. The van der Waals surface area contributed by atoms with E-state index in [4.69, 9.17) is 33.9 Å². The molecule has 0 radical (unpaired) electrons. The van der Waals surface area contributed by atoms with Crippen LogP contribution in [0.1, 0.15) is 112 Å². The number of likely N-dealkylation sites (tertiary alicyclic amines) is 2. The molecule has 0 bridgehead atoms. The smallest absolute Gasteiger partial charge is 0.409 e. The Bertz CT molecular complexity index is 2880. The molecule has 19 heteroatoms. The lowest BCUT2D eigenvalue weighted by Gasteiger charge is -2.30. The highest BCUT2D eigenvalue weighted by Crippen LogP contribution is 2.48. The van der Waals surface area contributed by atoms with Gasteiger partial charge in [0.25, 0.3) is 5.91 Å². The number of rotatable bonds is 14. The van der Waals surface area contributed by atoms with Crippen molar-refractivity contribution in [1.82, 2.24) is 49.9 Å². The third-order valence-corrected chi connectivity index (χ3v) is 14.2. The number of aromatic amines is 2. The number of nitrogens with one attached hydrogen (secondary N) is 4. The Morgan fingerprint density at radius 3 is 2.12 bits per heavy atom. The fraction of sp³-hybridized carbons (Fsp3) is 0.460. The van der Waals surface area contributed by atoms with Crippen molar-refractivity contribution in [3.63, 3.8) is 0 Å². The van der Waals surface area contributed by atoms with Crippen molar-refractivity contribution in [2.45, 2.75) is 117 Å². The molecule has 364 valence electrons. The number of hydrogen-bond donors (Lipinski definition) is 4. The van der Waals surface area contributed by atoms with Crippen LogP contribution < -0.4 is 15.4 Å². The molecule has 0 saturated carbocycles. The van der Waals surface area contributed by atoms with Crippen LogP contribution in [0.3, 0.4) is 0 Å². The van der Waals surface area contributed by atoms with Crippen LogP contribution >= 0.6 is 11.3 Å². The third-order valence-electron chi connectivity index (χ3n) is 13.1. The predicted octanol–water partition coefficient (Wildman–Crippen LogP) is 8.56. The van der Waals surface area contributed by atoms with E-state index in [2.05, 4.69) is 75.4 Å². The zero-order valence-corrected chi connectivity index (χ0v) is 41.1. The van der Waals surface area contributed by atoms with Gasteiger partial charge in [0, 0.05) is 41.4 Å². The van der Waals surface area contributed by atoms with Crippen LogP contribution in [0, 0.1) is 12.8 Å². The number of carbonyl (C=O) groups is 4. The number of nitrogens with zero attached hydrogens (tertiary/aromatic N) is 6. The Morgan fingerprint density at radius 2 is 1.48 bits per heavy atom. The largest absolute Gasteiger partial charge is 0.464 e. The SMILES string of the molecule is CCCc1ncc(C2Oc3cc(-c4cnc([C@@H]5CCCN5C(=O)C(NC(=O)OC)OC(C)C)[nH]4)cc(C)c3-c3cc4cc(-c5cnc([C@@H]6CCCN6C(=O)[C@@H](NC(=O)OC)C(C)C)[nH]5)ccc4n32)s1. The van der Waals surface area contributed by atoms with E-state index in [0.29, 0.717) is 31.2 Å². The highest BCUT2D eigenvalue weighted by atomic mass is 32.1. The molecule has 3 aliphatic rings. The van der Waals surface area contributed by atoms with Gasteiger partial charge in [-0.15, -0.1) is 11.3 Å². The molecular formula is C50H60N10O8S. The molecule has 4 N–H and O–H groups in total. The first-order valence-corrected chi connectivity index (χ1v) is 24.6. The number of carbonyl (C=O) groups excluding carboxylic acids is 4. The number of aromatic nitrogens is 6. The molecular weight excluding hydrogens is 901 g/mol. The molecule has 7 heterocycles. The summed E-state index contributed by atoms with van der Waals surface area (Å²) in [5.74, 6) is 1.41. The van der Waals surface area contributed by atoms with Crippen LogP contribution in [0.2, 0.25) is 0 Å². The van der Waals surface area contributed by atoms with E-state index in [1.807, 2.05) is 31.1 Å². The first kappa shape index (κ1) is 47.3. The summed E-state index contributed by atoms with van der Waals surface area (Å²) in [5, 5.41) is 7.33. The summed E-state index contributed by atoms with van der Waals surface area (Å²) >= 11 is 1.66. The van der Waals surface area contributed by atoms with Gasteiger partial charge in [0.2, 0.25) is 18.4 Å². The van der Waals surface area contributed by atoms with Gasteiger partial charge in [-0.25, -0.2) is 24.5 Å². The average Bonchev–Trinajstić information content (AvgIpc) is 4.20. The zero-order valence-electron chi connectivity index (χ0n) is 40.3. The van der Waals surface area contributed by atoms with E-state index in [-0.39, 0.29) is 35.9 Å². The second-order valence-corrected chi connectivity index (χ2v) is 19.7. The van der Waals surface area contributed by atoms with E-state index in [0.717, 1.165) is 98.0 Å². The van der Waals surface area contributed by atoms with Crippen LogP contribution in [-0.2, 0) is 30.2 Å². The summed E-state index contributed by atoms with van der Waals surface area (Å²) in [6.45, 7) is 12.7. The van der Waals surface area contributed by atoms with Gasteiger partial charge in [-0.2, -0.15) is 0 Å². The van der Waals surface area contributed by atoms with E-state index in [9.17, 15) is 19.2 Å². The van der Waals surface area contributed by atoms with E-state index >= 15 is 0 Å². The quantitative estimate of drug-likeness (QED) is 0.0760. The molecule has 69 heavy (non-hydrogen) atoms. The highest BCUT2D eigenvalue weighted by Gasteiger charge is 2.40. The van der Waals surface area contributed by atoms with Crippen molar-refractivity contribution in [2.75, 3.05) is 27.3 Å². The second kappa shape index (κ2) is 19.7. The van der Waals surface area contributed by atoms with Gasteiger partial charge in [0.05, 0.1) is 77.3 Å². The number of amides is 4. The lowest BCUT2D eigenvalue weighted by molar-refractivity contribution is -0.149. The van der Waals surface area contributed by atoms with E-state index < -0.39 is 30.7 Å². The molecule has 18 nitrogen and oxygen atoms in total. The van der Waals surface area contributed by atoms with Crippen molar-refractivity contribution >= 4 is 46.2 Å². The molecule has 6 aromatic rings. The zero-order chi connectivity index (χ0) is 48.7. The molecule has 2 fully saturated rings. The van der Waals surface area contributed by atoms with E-state index in [1.54, 1.807) is 36.3 Å². The summed E-state index contributed by atoms with van der Waals surface area (Å²) in [7, 11) is 2.54. The number of imidazole rings is 2. The molecule has 2 aromatic carbocycles. The number of thiazole rings is 1. The second-order valence-electron chi connectivity index (χ2n) is 18.5. The topological polar surface area (TPSA) is 211 Å². The van der Waals surface area contributed by atoms with Gasteiger partial charge in [-0.1, -0.05) is 26.8 Å². The number of methoxy groups -OCH3 is 2. The summed E-state index contributed by atoms with van der Waals surface area (Å²) < 4.78 is 24.7. The van der Waals surface area contributed by atoms with Crippen molar-refractivity contribution < 1.29 is 38.1 Å². The van der Waals surface area contributed by atoms with Gasteiger partial charge < -0.3 is 44.0 Å². The highest BCUT2D eigenvalue weighted by molar-refractivity contribution is 7.11. The van der Waals surface area contributed by atoms with E-state index in [1.165, 1.54) is 14.2 Å². The Kier molecular flexibility index (Phi) is 13.5. The lowest BCUT2D eigenvalue weighted by atomic mass is 9.98.